The number of hydrogen-bond donors (Lipinski definition) is 2. The van der Waals surface area contributed by atoms with Crippen molar-refractivity contribution in [3.8, 4) is 12.3 Å². The van der Waals surface area contributed by atoms with E-state index in [1.54, 1.807) is 11.3 Å². The smallest absolute Gasteiger partial charge is 0.251 e. The molecule has 1 aromatic heterocycles. The molecule has 0 aliphatic carbocycles. The average molecular weight is 362 g/mol. The third kappa shape index (κ3) is 4.68. The number of benzene rings is 1. The van der Waals surface area contributed by atoms with Crippen LogP contribution in [0.4, 0.5) is 0 Å². The normalized spacial score (nSPS) is 11.0. The lowest BCUT2D eigenvalue weighted by molar-refractivity contribution is 0.0951. The van der Waals surface area contributed by atoms with Crippen molar-refractivity contribution in [1.82, 2.24) is 10.0 Å². The minimum atomic E-state index is -3.64. The first-order valence-electron chi connectivity index (χ1n) is 7.35. The molecule has 0 bridgehead atoms. The summed E-state index contributed by atoms with van der Waals surface area (Å²) in [4.78, 5) is 14.6. The van der Waals surface area contributed by atoms with Gasteiger partial charge in [0.05, 0.1) is 18.0 Å². The van der Waals surface area contributed by atoms with E-state index in [1.807, 2.05) is 6.07 Å². The lowest BCUT2D eigenvalue weighted by atomic mass is 10.2. The molecule has 0 saturated carbocycles. The summed E-state index contributed by atoms with van der Waals surface area (Å²) in [5, 5.41) is 2.83. The van der Waals surface area contributed by atoms with Crippen LogP contribution in [-0.4, -0.2) is 20.9 Å². The van der Waals surface area contributed by atoms with Gasteiger partial charge in [-0.2, -0.15) is 4.72 Å². The first-order valence-corrected chi connectivity index (χ1v) is 9.65. The van der Waals surface area contributed by atoms with Gasteiger partial charge in [0.25, 0.3) is 5.91 Å². The van der Waals surface area contributed by atoms with Gasteiger partial charge in [0.1, 0.15) is 0 Å². The number of aryl methyl sites for hydroxylation is 1. The van der Waals surface area contributed by atoms with Crippen LogP contribution in [0, 0.1) is 12.3 Å². The van der Waals surface area contributed by atoms with Crippen molar-refractivity contribution in [3.63, 3.8) is 0 Å². The summed E-state index contributed by atoms with van der Waals surface area (Å²) in [5.41, 5.74) is 0.401. The van der Waals surface area contributed by atoms with Crippen LogP contribution in [0.2, 0.25) is 0 Å². The fourth-order valence-electron chi connectivity index (χ4n) is 1.98. The zero-order valence-corrected chi connectivity index (χ0v) is 14.8. The Kier molecular flexibility index (Phi) is 6.15. The van der Waals surface area contributed by atoms with Crippen LogP contribution >= 0.6 is 11.3 Å². The number of thiophene rings is 1. The molecule has 2 N–H and O–H groups in total. The summed E-state index contributed by atoms with van der Waals surface area (Å²) in [6.45, 7) is 2.46. The molecule has 0 atom stereocenters. The third-order valence-corrected chi connectivity index (χ3v) is 5.93. The van der Waals surface area contributed by atoms with Crippen LogP contribution in [-0.2, 0) is 23.0 Å². The molecular formula is C17H18N2O3S2. The van der Waals surface area contributed by atoms with E-state index < -0.39 is 10.0 Å². The number of sulfonamides is 1. The van der Waals surface area contributed by atoms with Gasteiger partial charge in [-0.1, -0.05) is 12.8 Å². The quantitative estimate of drug-likeness (QED) is 0.741. The van der Waals surface area contributed by atoms with Gasteiger partial charge < -0.3 is 5.32 Å². The predicted molar refractivity (Wildman–Crippen MR) is 95.3 cm³/mol. The minimum absolute atomic E-state index is 0.0696. The average Bonchev–Trinajstić information content (AvgIpc) is 3.06. The summed E-state index contributed by atoms with van der Waals surface area (Å²) in [6.07, 6.45) is 6.01. The fourth-order valence-corrected chi connectivity index (χ4v) is 3.81. The maximum absolute atomic E-state index is 12.1. The van der Waals surface area contributed by atoms with E-state index in [9.17, 15) is 13.2 Å². The Bertz CT molecular complexity index is 847. The van der Waals surface area contributed by atoms with Crippen LogP contribution in [0.5, 0.6) is 0 Å². The van der Waals surface area contributed by atoms with Crippen molar-refractivity contribution >= 4 is 27.3 Å². The number of terminal acetylenes is 1. The highest BCUT2D eigenvalue weighted by Gasteiger charge is 2.14. The van der Waals surface area contributed by atoms with E-state index in [2.05, 4.69) is 28.9 Å². The highest BCUT2D eigenvalue weighted by atomic mass is 32.2. The highest BCUT2D eigenvalue weighted by Crippen LogP contribution is 2.17. The van der Waals surface area contributed by atoms with E-state index >= 15 is 0 Å². The molecule has 0 aliphatic heterocycles. The highest BCUT2D eigenvalue weighted by molar-refractivity contribution is 7.89. The zero-order chi connectivity index (χ0) is 17.6. The Balaban J connectivity index is 1.99. The van der Waals surface area contributed by atoms with Crippen LogP contribution in [0.3, 0.4) is 0 Å². The molecule has 2 rings (SSSR count). The summed E-state index contributed by atoms with van der Waals surface area (Å²) >= 11 is 1.67. The van der Waals surface area contributed by atoms with Crippen molar-refractivity contribution in [2.75, 3.05) is 6.54 Å². The van der Waals surface area contributed by atoms with Gasteiger partial charge in [-0.15, -0.1) is 17.8 Å². The first-order chi connectivity index (χ1) is 11.5. The monoisotopic (exact) mass is 362 g/mol. The van der Waals surface area contributed by atoms with Crippen molar-refractivity contribution in [1.29, 1.82) is 0 Å². The molecule has 0 saturated heterocycles. The Morgan fingerprint density at radius 3 is 2.42 bits per heavy atom. The number of rotatable bonds is 7. The Hall–Kier alpha value is -2.14. The van der Waals surface area contributed by atoms with Crippen LogP contribution in [0.25, 0.3) is 0 Å². The standard InChI is InChI=1S/C17H18N2O3S2/c1-3-11-19-24(21,22)16-9-5-13(6-10-16)17(20)18-12-15-8-7-14(4-2)23-15/h1,5-10,19H,4,11-12H2,2H3,(H,18,20). The van der Waals surface area contributed by atoms with Crippen LogP contribution < -0.4 is 10.0 Å². The van der Waals surface area contributed by atoms with Crippen molar-refractivity contribution in [2.24, 2.45) is 0 Å². The van der Waals surface area contributed by atoms with Crippen molar-refractivity contribution in [3.05, 3.63) is 51.7 Å². The maximum Gasteiger partial charge on any atom is 0.251 e. The lowest BCUT2D eigenvalue weighted by Gasteiger charge is -2.06. The largest absolute Gasteiger partial charge is 0.347 e. The third-order valence-electron chi connectivity index (χ3n) is 3.28. The summed E-state index contributed by atoms with van der Waals surface area (Å²) in [5.74, 6) is 1.96. The van der Waals surface area contributed by atoms with E-state index in [0.29, 0.717) is 12.1 Å². The number of carbonyl (C=O) groups is 1. The molecule has 2 aromatic rings. The molecule has 1 amide bonds. The van der Waals surface area contributed by atoms with E-state index in [0.717, 1.165) is 11.3 Å². The second kappa shape index (κ2) is 8.11. The van der Waals surface area contributed by atoms with Gasteiger partial charge in [0, 0.05) is 15.3 Å². The van der Waals surface area contributed by atoms with Gasteiger partial charge >= 0.3 is 0 Å². The molecule has 126 valence electrons. The molecule has 1 aromatic carbocycles. The van der Waals surface area contributed by atoms with E-state index in [4.69, 9.17) is 6.42 Å². The number of nitrogens with one attached hydrogen (secondary N) is 2. The first kappa shape index (κ1) is 18.2. The molecular weight excluding hydrogens is 344 g/mol. The second-order valence-corrected chi connectivity index (χ2v) is 7.98. The minimum Gasteiger partial charge on any atom is -0.347 e. The number of carbonyl (C=O) groups excluding carboxylic acids is 1. The topological polar surface area (TPSA) is 75.3 Å². The van der Waals surface area contributed by atoms with Crippen molar-refractivity contribution in [2.45, 2.75) is 24.8 Å². The van der Waals surface area contributed by atoms with E-state index in [-0.39, 0.29) is 17.3 Å². The molecule has 0 spiro atoms. The Morgan fingerprint density at radius 2 is 1.83 bits per heavy atom. The molecule has 5 nitrogen and oxygen atoms in total. The molecule has 7 heteroatoms. The summed E-state index contributed by atoms with van der Waals surface area (Å²) < 4.78 is 26.1. The van der Waals surface area contributed by atoms with Gasteiger partial charge in [-0.3, -0.25) is 4.79 Å². The molecule has 1 heterocycles. The molecule has 24 heavy (non-hydrogen) atoms. The summed E-state index contributed by atoms with van der Waals surface area (Å²) in [7, 11) is -3.64. The van der Waals surface area contributed by atoms with Crippen LogP contribution in [0.1, 0.15) is 27.0 Å². The molecule has 0 aliphatic rings. The summed E-state index contributed by atoms with van der Waals surface area (Å²) in [6, 6.07) is 9.77. The van der Waals surface area contributed by atoms with Gasteiger partial charge in [-0.25, -0.2) is 8.42 Å². The fraction of sp³-hybridized carbons (Fsp3) is 0.235. The number of amides is 1. The number of hydrogen-bond acceptors (Lipinski definition) is 4. The van der Waals surface area contributed by atoms with E-state index in [1.165, 1.54) is 29.1 Å². The Morgan fingerprint density at radius 1 is 1.17 bits per heavy atom. The lowest BCUT2D eigenvalue weighted by Crippen LogP contribution is -2.24. The van der Waals surface area contributed by atoms with Gasteiger partial charge in [0.2, 0.25) is 10.0 Å². The molecule has 0 radical (unpaired) electrons. The van der Waals surface area contributed by atoms with Crippen molar-refractivity contribution < 1.29 is 13.2 Å². The zero-order valence-electron chi connectivity index (χ0n) is 13.2. The predicted octanol–water partition coefficient (Wildman–Crippen LogP) is 2.15. The van der Waals surface area contributed by atoms with Gasteiger partial charge in [0.15, 0.2) is 0 Å². The maximum atomic E-state index is 12.1. The second-order valence-electron chi connectivity index (χ2n) is 4.96. The SMILES string of the molecule is C#CCNS(=O)(=O)c1ccc(C(=O)NCc2ccc(CC)s2)cc1. The van der Waals surface area contributed by atoms with Gasteiger partial charge in [-0.05, 0) is 42.8 Å². The molecule has 0 fully saturated rings. The Labute approximate surface area is 146 Å². The van der Waals surface area contributed by atoms with Crippen LogP contribution in [0.15, 0.2) is 41.3 Å². The molecule has 0 unspecified atom stereocenters.